The zero-order chi connectivity index (χ0) is 20.5. The van der Waals surface area contributed by atoms with Crippen LogP contribution in [-0.4, -0.2) is 45.2 Å². The van der Waals surface area contributed by atoms with Gasteiger partial charge in [0.15, 0.2) is 5.82 Å². The Bertz CT molecular complexity index is 752. The topological polar surface area (TPSA) is 91.5 Å². The van der Waals surface area contributed by atoms with E-state index < -0.39 is 0 Å². The highest BCUT2D eigenvalue weighted by molar-refractivity contribution is 5.75. The number of hydrogen-bond donors (Lipinski definition) is 2. The van der Waals surface area contributed by atoms with Crippen LogP contribution in [0.1, 0.15) is 61.9 Å². The monoisotopic (exact) mass is 400 g/mol. The van der Waals surface area contributed by atoms with Crippen LogP contribution in [0.2, 0.25) is 0 Å². The fraction of sp³-hybridized carbons (Fsp3) is 0.591. The largest absolute Gasteiger partial charge is 0.393 e. The summed E-state index contributed by atoms with van der Waals surface area (Å²) in [6.45, 7) is 5.42. The number of aliphatic hydroxyl groups is 1. The molecule has 1 saturated heterocycles. The number of likely N-dealkylation sites (tertiary alicyclic amines) is 1. The maximum absolute atomic E-state index is 12.1. The highest BCUT2D eigenvalue weighted by atomic mass is 16.5. The van der Waals surface area contributed by atoms with Gasteiger partial charge >= 0.3 is 0 Å². The van der Waals surface area contributed by atoms with Crippen molar-refractivity contribution < 1.29 is 14.4 Å². The van der Waals surface area contributed by atoms with Crippen molar-refractivity contribution in [3.63, 3.8) is 0 Å². The summed E-state index contributed by atoms with van der Waals surface area (Å²) in [7, 11) is 0. The number of carbonyl (C=O) groups excluding carboxylic acids is 1. The second-order valence-corrected chi connectivity index (χ2v) is 7.81. The van der Waals surface area contributed by atoms with Gasteiger partial charge in [-0.2, -0.15) is 4.98 Å². The van der Waals surface area contributed by atoms with Crippen LogP contribution in [0.15, 0.2) is 28.8 Å². The highest BCUT2D eigenvalue weighted by Gasteiger charge is 2.16. The van der Waals surface area contributed by atoms with Crippen molar-refractivity contribution in [3.8, 4) is 0 Å². The predicted octanol–water partition coefficient (Wildman–Crippen LogP) is 2.62. The standard InChI is InChI=1S/C22H32N4O3/c1-2-4-20-24-22(29-25-20)6-3-5-21(28)23-15-17-7-9-18(10-8-17)16-26-13-11-19(27)12-14-26/h7-10,19,27H,2-6,11-16H2,1H3,(H,23,28). The molecule has 29 heavy (non-hydrogen) atoms. The maximum Gasteiger partial charge on any atom is 0.226 e. The smallest absolute Gasteiger partial charge is 0.226 e. The Morgan fingerprint density at radius 1 is 1.21 bits per heavy atom. The molecular formula is C22H32N4O3. The van der Waals surface area contributed by atoms with Crippen LogP contribution in [-0.2, 0) is 30.7 Å². The fourth-order valence-electron chi connectivity index (χ4n) is 3.50. The van der Waals surface area contributed by atoms with Gasteiger partial charge < -0.3 is 14.9 Å². The molecule has 2 aromatic rings. The van der Waals surface area contributed by atoms with Crippen LogP contribution < -0.4 is 5.32 Å². The van der Waals surface area contributed by atoms with Crippen LogP contribution in [0.25, 0.3) is 0 Å². The van der Waals surface area contributed by atoms with Crippen molar-refractivity contribution >= 4 is 5.91 Å². The minimum atomic E-state index is -0.136. The number of aromatic nitrogens is 2. The maximum atomic E-state index is 12.1. The number of nitrogens with zero attached hydrogens (tertiary/aromatic N) is 3. The van der Waals surface area contributed by atoms with Crippen molar-refractivity contribution in [2.24, 2.45) is 0 Å². The number of nitrogens with one attached hydrogen (secondary N) is 1. The predicted molar refractivity (Wildman–Crippen MR) is 110 cm³/mol. The Kier molecular flexibility index (Phi) is 8.19. The van der Waals surface area contributed by atoms with Gasteiger partial charge in [-0.3, -0.25) is 9.69 Å². The van der Waals surface area contributed by atoms with Gasteiger partial charge in [0.05, 0.1) is 6.10 Å². The van der Waals surface area contributed by atoms with Crippen molar-refractivity contribution in [2.45, 2.75) is 71.1 Å². The van der Waals surface area contributed by atoms with Crippen LogP contribution >= 0.6 is 0 Å². The number of amides is 1. The lowest BCUT2D eigenvalue weighted by Gasteiger charge is -2.29. The van der Waals surface area contributed by atoms with E-state index in [0.717, 1.165) is 56.7 Å². The van der Waals surface area contributed by atoms with Gasteiger partial charge in [0.2, 0.25) is 11.8 Å². The van der Waals surface area contributed by atoms with Gasteiger partial charge in [-0.1, -0.05) is 36.3 Å². The van der Waals surface area contributed by atoms with Gasteiger partial charge in [-0.05, 0) is 36.8 Å². The molecule has 7 heteroatoms. The van der Waals surface area contributed by atoms with Crippen LogP contribution in [0.5, 0.6) is 0 Å². The molecule has 1 aliphatic rings. The molecule has 158 valence electrons. The first-order valence-corrected chi connectivity index (χ1v) is 10.7. The molecule has 1 fully saturated rings. The summed E-state index contributed by atoms with van der Waals surface area (Å²) in [5.74, 6) is 1.39. The molecule has 7 nitrogen and oxygen atoms in total. The zero-order valence-electron chi connectivity index (χ0n) is 17.3. The number of rotatable bonds is 10. The van der Waals surface area contributed by atoms with E-state index in [1.807, 2.05) is 0 Å². The molecule has 0 aliphatic carbocycles. The minimum Gasteiger partial charge on any atom is -0.393 e. The molecule has 1 aliphatic heterocycles. The molecule has 1 aromatic carbocycles. The van der Waals surface area contributed by atoms with Crippen molar-refractivity contribution in [1.29, 1.82) is 0 Å². The molecule has 0 radical (unpaired) electrons. The fourth-order valence-corrected chi connectivity index (χ4v) is 3.50. The lowest BCUT2D eigenvalue weighted by Crippen LogP contribution is -2.35. The van der Waals surface area contributed by atoms with E-state index in [1.54, 1.807) is 0 Å². The second kappa shape index (κ2) is 11.1. The van der Waals surface area contributed by atoms with Crippen molar-refractivity contribution in [3.05, 3.63) is 47.1 Å². The SMILES string of the molecule is CCCc1noc(CCCC(=O)NCc2ccc(CN3CCC(O)CC3)cc2)n1. The molecule has 0 bridgehead atoms. The number of piperidine rings is 1. The van der Waals surface area contributed by atoms with Gasteiger partial charge in [-0.15, -0.1) is 0 Å². The third-order valence-electron chi connectivity index (χ3n) is 5.25. The highest BCUT2D eigenvalue weighted by Crippen LogP contribution is 2.14. The molecule has 2 N–H and O–H groups in total. The van der Waals surface area contributed by atoms with Gasteiger partial charge in [-0.25, -0.2) is 0 Å². The Morgan fingerprint density at radius 2 is 1.93 bits per heavy atom. The van der Waals surface area contributed by atoms with E-state index in [9.17, 15) is 9.90 Å². The van der Waals surface area contributed by atoms with Gasteiger partial charge in [0.1, 0.15) is 0 Å². The molecule has 0 unspecified atom stereocenters. The first-order valence-electron chi connectivity index (χ1n) is 10.7. The number of carbonyl (C=O) groups is 1. The Hall–Kier alpha value is -2.25. The van der Waals surface area contributed by atoms with Crippen molar-refractivity contribution in [2.75, 3.05) is 13.1 Å². The summed E-state index contributed by atoms with van der Waals surface area (Å²) in [6, 6.07) is 8.39. The van der Waals surface area contributed by atoms with E-state index in [0.29, 0.717) is 31.7 Å². The number of benzene rings is 1. The molecule has 3 rings (SSSR count). The van der Waals surface area contributed by atoms with Gasteiger partial charge in [0.25, 0.3) is 0 Å². The third-order valence-corrected chi connectivity index (χ3v) is 5.25. The first kappa shape index (κ1) is 21.5. The molecule has 0 saturated carbocycles. The third kappa shape index (κ3) is 7.25. The Labute approximate surface area is 172 Å². The van der Waals surface area contributed by atoms with E-state index >= 15 is 0 Å². The summed E-state index contributed by atoms with van der Waals surface area (Å²) < 4.78 is 5.19. The van der Waals surface area contributed by atoms with E-state index in [2.05, 4.69) is 51.5 Å². The Morgan fingerprint density at radius 3 is 2.66 bits per heavy atom. The second-order valence-electron chi connectivity index (χ2n) is 7.81. The first-order chi connectivity index (χ1) is 14.1. The summed E-state index contributed by atoms with van der Waals surface area (Å²) in [6.07, 6.45) is 5.17. The molecule has 0 spiro atoms. The molecule has 1 aromatic heterocycles. The van der Waals surface area contributed by atoms with E-state index in [4.69, 9.17) is 4.52 Å². The lowest BCUT2D eigenvalue weighted by atomic mass is 10.1. The molecule has 2 heterocycles. The van der Waals surface area contributed by atoms with Crippen molar-refractivity contribution in [1.82, 2.24) is 20.4 Å². The minimum absolute atomic E-state index is 0.0363. The number of hydrogen-bond acceptors (Lipinski definition) is 6. The lowest BCUT2D eigenvalue weighted by molar-refractivity contribution is -0.121. The zero-order valence-corrected chi connectivity index (χ0v) is 17.3. The van der Waals surface area contributed by atoms with Crippen LogP contribution in [0.3, 0.4) is 0 Å². The average Bonchev–Trinajstić information content (AvgIpc) is 3.17. The van der Waals surface area contributed by atoms with Gasteiger partial charge in [0, 0.05) is 45.4 Å². The molecule has 1 amide bonds. The van der Waals surface area contributed by atoms with Crippen LogP contribution in [0, 0.1) is 0 Å². The summed E-state index contributed by atoms with van der Waals surface area (Å²) >= 11 is 0. The summed E-state index contributed by atoms with van der Waals surface area (Å²) in [5, 5.41) is 16.5. The van der Waals surface area contributed by atoms with Crippen LogP contribution in [0.4, 0.5) is 0 Å². The average molecular weight is 401 g/mol. The molecular weight excluding hydrogens is 368 g/mol. The number of aliphatic hydroxyl groups excluding tert-OH is 1. The summed E-state index contributed by atoms with van der Waals surface area (Å²) in [5.41, 5.74) is 2.36. The normalized spacial score (nSPS) is 15.5. The molecule has 0 atom stereocenters. The summed E-state index contributed by atoms with van der Waals surface area (Å²) in [4.78, 5) is 18.8. The van der Waals surface area contributed by atoms with E-state index in [1.165, 1.54) is 5.56 Å². The number of aryl methyl sites for hydroxylation is 2. The van der Waals surface area contributed by atoms with E-state index in [-0.39, 0.29) is 12.0 Å². The Balaban J connectivity index is 1.33. The quantitative estimate of drug-likeness (QED) is 0.637.